The molecule has 0 aliphatic rings. The Morgan fingerprint density at radius 2 is 1.64 bits per heavy atom. The molecule has 0 bridgehead atoms. The van der Waals surface area contributed by atoms with Gasteiger partial charge in [-0.05, 0) is 43.2 Å². The van der Waals surface area contributed by atoms with Crippen molar-refractivity contribution in [1.82, 2.24) is 0 Å². The van der Waals surface area contributed by atoms with Gasteiger partial charge in [0.1, 0.15) is 0 Å². The van der Waals surface area contributed by atoms with Crippen LogP contribution in [-0.2, 0) is 21.2 Å². The van der Waals surface area contributed by atoms with Gasteiger partial charge in [-0.3, -0.25) is 4.79 Å². The molecular formula is C16H18N2O3S. The van der Waals surface area contributed by atoms with Crippen molar-refractivity contribution in [3.63, 3.8) is 0 Å². The molecule has 0 heterocycles. The van der Waals surface area contributed by atoms with E-state index in [0.717, 1.165) is 5.56 Å². The van der Waals surface area contributed by atoms with Crippen LogP contribution in [0.3, 0.4) is 0 Å². The van der Waals surface area contributed by atoms with Crippen molar-refractivity contribution in [3.8, 4) is 0 Å². The fourth-order valence-corrected chi connectivity index (χ4v) is 2.48. The van der Waals surface area contributed by atoms with Gasteiger partial charge < -0.3 is 5.32 Å². The van der Waals surface area contributed by atoms with Gasteiger partial charge in [0.25, 0.3) is 0 Å². The van der Waals surface area contributed by atoms with E-state index in [1.54, 1.807) is 0 Å². The van der Waals surface area contributed by atoms with Crippen LogP contribution in [0.4, 0.5) is 5.69 Å². The molecule has 0 aromatic heterocycles. The second-order valence-electron chi connectivity index (χ2n) is 5.10. The Labute approximate surface area is 130 Å². The van der Waals surface area contributed by atoms with Crippen LogP contribution < -0.4 is 10.5 Å². The smallest absolute Gasteiger partial charge is 0.238 e. The van der Waals surface area contributed by atoms with Crippen LogP contribution in [0.25, 0.3) is 0 Å². The molecule has 2 rings (SSSR count). The fourth-order valence-electron chi connectivity index (χ4n) is 1.96. The topological polar surface area (TPSA) is 89.3 Å². The number of rotatable bonds is 5. The summed E-state index contributed by atoms with van der Waals surface area (Å²) in [4.78, 5) is 11.9. The zero-order valence-electron chi connectivity index (χ0n) is 12.2. The third-order valence-corrected chi connectivity index (χ3v) is 4.16. The minimum Gasteiger partial charge on any atom is -0.326 e. The van der Waals surface area contributed by atoms with Crippen molar-refractivity contribution in [2.45, 2.75) is 24.7 Å². The highest BCUT2D eigenvalue weighted by Gasteiger charge is 2.08. The van der Waals surface area contributed by atoms with Gasteiger partial charge in [-0.1, -0.05) is 29.8 Å². The Bertz CT molecular complexity index is 751. The van der Waals surface area contributed by atoms with Crippen LogP contribution in [0, 0.1) is 6.92 Å². The first-order valence-corrected chi connectivity index (χ1v) is 8.37. The maximum Gasteiger partial charge on any atom is 0.238 e. The molecule has 0 saturated heterocycles. The zero-order chi connectivity index (χ0) is 16.2. The molecular weight excluding hydrogens is 300 g/mol. The third-order valence-electron chi connectivity index (χ3n) is 3.23. The summed E-state index contributed by atoms with van der Waals surface area (Å²) in [5.41, 5.74) is 2.83. The second-order valence-corrected chi connectivity index (χ2v) is 6.66. The number of anilines is 1. The molecule has 0 radical (unpaired) electrons. The molecule has 0 aliphatic carbocycles. The van der Waals surface area contributed by atoms with Crippen LogP contribution in [0.2, 0.25) is 0 Å². The van der Waals surface area contributed by atoms with Gasteiger partial charge in [0.15, 0.2) is 0 Å². The quantitative estimate of drug-likeness (QED) is 0.885. The number of benzene rings is 2. The molecule has 2 aromatic rings. The number of nitrogens with two attached hydrogens (primary N) is 1. The summed E-state index contributed by atoms with van der Waals surface area (Å²) in [5.74, 6) is -0.121. The normalized spacial score (nSPS) is 11.2. The van der Waals surface area contributed by atoms with Crippen LogP contribution in [0.5, 0.6) is 0 Å². The summed E-state index contributed by atoms with van der Waals surface area (Å²) in [7, 11) is -3.71. The van der Waals surface area contributed by atoms with Gasteiger partial charge in [-0.25, -0.2) is 13.6 Å². The lowest BCUT2D eigenvalue weighted by Crippen LogP contribution is -2.14. The SMILES string of the molecule is Cc1ccc(CCC(=O)Nc2ccc(S(N)(=O)=O)cc2)cc1. The maximum atomic E-state index is 11.9. The molecule has 3 N–H and O–H groups in total. The Kier molecular flexibility index (Phi) is 4.95. The summed E-state index contributed by atoms with van der Waals surface area (Å²) in [6.07, 6.45) is 1.02. The number of hydrogen-bond acceptors (Lipinski definition) is 3. The lowest BCUT2D eigenvalue weighted by atomic mass is 10.1. The van der Waals surface area contributed by atoms with Crippen molar-refractivity contribution >= 4 is 21.6 Å². The summed E-state index contributed by atoms with van der Waals surface area (Å²) in [6.45, 7) is 2.02. The number of amides is 1. The van der Waals surface area contributed by atoms with Gasteiger partial charge in [-0.15, -0.1) is 0 Å². The van der Waals surface area contributed by atoms with E-state index >= 15 is 0 Å². The van der Waals surface area contributed by atoms with Gasteiger partial charge in [0.2, 0.25) is 15.9 Å². The molecule has 5 nitrogen and oxygen atoms in total. The predicted octanol–water partition coefficient (Wildman–Crippen LogP) is 2.21. The monoisotopic (exact) mass is 318 g/mol. The van der Waals surface area contributed by atoms with E-state index in [4.69, 9.17) is 5.14 Å². The molecule has 0 unspecified atom stereocenters. The number of nitrogens with one attached hydrogen (secondary N) is 1. The number of aryl methyl sites for hydroxylation is 2. The van der Waals surface area contributed by atoms with E-state index in [2.05, 4.69) is 5.32 Å². The fraction of sp³-hybridized carbons (Fsp3) is 0.188. The molecule has 6 heteroatoms. The maximum absolute atomic E-state index is 11.9. The molecule has 116 valence electrons. The molecule has 2 aromatic carbocycles. The van der Waals surface area contributed by atoms with Crippen molar-refractivity contribution in [2.75, 3.05) is 5.32 Å². The number of carbonyl (C=O) groups excluding carboxylic acids is 1. The minimum atomic E-state index is -3.71. The molecule has 0 atom stereocenters. The van der Waals surface area contributed by atoms with Crippen molar-refractivity contribution < 1.29 is 13.2 Å². The number of sulfonamides is 1. The van der Waals surface area contributed by atoms with E-state index in [1.165, 1.54) is 29.8 Å². The molecule has 0 saturated carbocycles. The van der Waals surface area contributed by atoms with Crippen LogP contribution >= 0.6 is 0 Å². The molecule has 22 heavy (non-hydrogen) atoms. The molecule has 0 spiro atoms. The highest BCUT2D eigenvalue weighted by atomic mass is 32.2. The summed E-state index contributed by atoms with van der Waals surface area (Å²) in [5, 5.41) is 7.74. The first-order chi connectivity index (χ1) is 10.3. The molecule has 0 fully saturated rings. The van der Waals surface area contributed by atoms with Gasteiger partial charge in [-0.2, -0.15) is 0 Å². The number of carbonyl (C=O) groups is 1. The van der Waals surface area contributed by atoms with Crippen molar-refractivity contribution in [2.24, 2.45) is 5.14 Å². The Morgan fingerprint density at radius 1 is 1.05 bits per heavy atom. The first kappa shape index (κ1) is 16.2. The largest absolute Gasteiger partial charge is 0.326 e. The first-order valence-electron chi connectivity index (χ1n) is 6.83. The van der Waals surface area contributed by atoms with E-state index in [1.807, 2.05) is 31.2 Å². The Hall–Kier alpha value is -2.18. The Balaban J connectivity index is 1.90. The minimum absolute atomic E-state index is 0.0187. The predicted molar refractivity (Wildman–Crippen MR) is 85.9 cm³/mol. The van der Waals surface area contributed by atoms with Crippen LogP contribution in [0.1, 0.15) is 17.5 Å². The molecule has 1 amide bonds. The summed E-state index contributed by atoms with van der Waals surface area (Å²) in [6, 6.07) is 13.8. The lowest BCUT2D eigenvalue weighted by Gasteiger charge is -2.06. The Morgan fingerprint density at radius 3 is 2.18 bits per heavy atom. The third kappa shape index (κ3) is 4.68. The second kappa shape index (κ2) is 6.72. The van der Waals surface area contributed by atoms with Gasteiger partial charge in [0.05, 0.1) is 4.90 Å². The average Bonchev–Trinajstić information content (AvgIpc) is 2.46. The summed E-state index contributed by atoms with van der Waals surface area (Å²) >= 11 is 0. The van der Waals surface area contributed by atoms with Gasteiger partial charge in [0, 0.05) is 12.1 Å². The van der Waals surface area contributed by atoms with Crippen LogP contribution in [-0.4, -0.2) is 14.3 Å². The standard InChI is InChI=1S/C16H18N2O3S/c1-12-2-4-13(5-3-12)6-11-16(19)18-14-7-9-15(10-8-14)22(17,20)21/h2-5,7-10H,6,11H2,1H3,(H,18,19)(H2,17,20,21). The van der Waals surface area contributed by atoms with Crippen molar-refractivity contribution in [1.29, 1.82) is 0 Å². The van der Waals surface area contributed by atoms with Crippen LogP contribution in [0.15, 0.2) is 53.4 Å². The number of primary sulfonamides is 1. The van der Waals surface area contributed by atoms with E-state index in [9.17, 15) is 13.2 Å². The van der Waals surface area contributed by atoms with Crippen molar-refractivity contribution in [3.05, 3.63) is 59.7 Å². The zero-order valence-corrected chi connectivity index (χ0v) is 13.1. The highest BCUT2D eigenvalue weighted by molar-refractivity contribution is 7.89. The average molecular weight is 318 g/mol. The van der Waals surface area contributed by atoms with E-state index in [0.29, 0.717) is 18.5 Å². The molecule has 0 aliphatic heterocycles. The highest BCUT2D eigenvalue weighted by Crippen LogP contribution is 2.13. The number of hydrogen-bond donors (Lipinski definition) is 2. The summed E-state index contributed by atoms with van der Waals surface area (Å²) < 4.78 is 22.3. The lowest BCUT2D eigenvalue weighted by molar-refractivity contribution is -0.116. The van der Waals surface area contributed by atoms with E-state index < -0.39 is 10.0 Å². The van der Waals surface area contributed by atoms with Gasteiger partial charge >= 0.3 is 0 Å². The van der Waals surface area contributed by atoms with E-state index in [-0.39, 0.29) is 10.8 Å².